The number of hydrogen-bond acceptors (Lipinski definition) is 5. The third-order valence-electron chi connectivity index (χ3n) is 5.82. The van der Waals surface area contributed by atoms with E-state index in [1.165, 1.54) is 0 Å². The summed E-state index contributed by atoms with van der Waals surface area (Å²) in [7, 11) is 0. The van der Waals surface area contributed by atoms with Crippen molar-refractivity contribution >= 4 is 23.3 Å². The van der Waals surface area contributed by atoms with Gasteiger partial charge in [0, 0.05) is 6.20 Å². The van der Waals surface area contributed by atoms with Gasteiger partial charge in [-0.1, -0.05) is 48.5 Å². The van der Waals surface area contributed by atoms with Crippen LogP contribution in [-0.2, 0) is 11.3 Å². The summed E-state index contributed by atoms with van der Waals surface area (Å²) in [6.45, 7) is 3.67. The van der Waals surface area contributed by atoms with Crippen LogP contribution in [0.1, 0.15) is 21.5 Å². The van der Waals surface area contributed by atoms with E-state index in [1.54, 1.807) is 22.1 Å². The molecule has 2 aromatic carbocycles. The zero-order valence-electron chi connectivity index (χ0n) is 17.8. The van der Waals surface area contributed by atoms with Gasteiger partial charge in [0.25, 0.3) is 5.91 Å². The average molecular weight is 428 g/mol. The van der Waals surface area contributed by atoms with Crippen LogP contribution >= 0.6 is 0 Å². The summed E-state index contributed by atoms with van der Waals surface area (Å²) in [4.78, 5) is 33.5. The molecule has 2 amide bonds. The summed E-state index contributed by atoms with van der Waals surface area (Å²) >= 11 is 0. The first-order chi connectivity index (χ1) is 15.6. The summed E-state index contributed by atoms with van der Waals surface area (Å²) < 4.78 is 6.01. The molecule has 32 heavy (non-hydrogen) atoms. The second-order valence-corrected chi connectivity index (χ2v) is 8.13. The number of carbonyl (C=O) groups is 2. The van der Waals surface area contributed by atoms with Gasteiger partial charge in [-0.05, 0) is 30.2 Å². The van der Waals surface area contributed by atoms with E-state index in [9.17, 15) is 9.59 Å². The van der Waals surface area contributed by atoms with Gasteiger partial charge in [0.1, 0.15) is 11.9 Å². The van der Waals surface area contributed by atoms with Crippen LogP contribution in [0, 0.1) is 6.92 Å². The Morgan fingerprint density at radius 1 is 1.12 bits per heavy atom. The molecule has 1 saturated heterocycles. The van der Waals surface area contributed by atoms with Crippen LogP contribution in [0.5, 0.6) is 5.75 Å². The van der Waals surface area contributed by atoms with Crippen molar-refractivity contribution < 1.29 is 14.3 Å². The van der Waals surface area contributed by atoms with Crippen LogP contribution in [0.25, 0.3) is 0 Å². The Balaban J connectivity index is 1.30. The van der Waals surface area contributed by atoms with E-state index in [2.05, 4.69) is 10.3 Å². The molecule has 0 atom stereocenters. The molecule has 0 spiro atoms. The van der Waals surface area contributed by atoms with Crippen molar-refractivity contribution in [2.24, 2.45) is 0 Å². The van der Waals surface area contributed by atoms with Gasteiger partial charge >= 0.3 is 0 Å². The van der Waals surface area contributed by atoms with Crippen molar-refractivity contribution in [3.05, 3.63) is 83.6 Å². The maximum Gasteiger partial charge on any atom is 0.255 e. The lowest BCUT2D eigenvalue weighted by Crippen LogP contribution is -2.56. The molecule has 1 N–H and O–H groups in total. The maximum absolute atomic E-state index is 13.0. The fourth-order valence-electron chi connectivity index (χ4n) is 3.97. The molecule has 2 aliphatic rings. The number of pyridine rings is 1. The van der Waals surface area contributed by atoms with Crippen LogP contribution in [0.15, 0.2) is 66.9 Å². The zero-order chi connectivity index (χ0) is 22.1. The van der Waals surface area contributed by atoms with Gasteiger partial charge in [0.15, 0.2) is 5.82 Å². The number of nitrogens with zero attached hydrogens (tertiary/aromatic N) is 3. The predicted molar refractivity (Wildman–Crippen MR) is 122 cm³/mol. The van der Waals surface area contributed by atoms with Crippen molar-refractivity contribution in [3.8, 4) is 5.75 Å². The van der Waals surface area contributed by atoms with Crippen molar-refractivity contribution in [1.82, 2.24) is 9.88 Å². The maximum atomic E-state index is 13.0. The number of aryl methyl sites for hydroxylation is 1. The molecule has 7 heteroatoms. The summed E-state index contributed by atoms with van der Waals surface area (Å²) in [6, 6.07) is 19.4. The van der Waals surface area contributed by atoms with E-state index in [0.717, 1.165) is 16.9 Å². The largest absolute Gasteiger partial charge is 0.486 e. The van der Waals surface area contributed by atoms with Crippen LogP contribution in [0.3, 0.4) is 0 Å². The van der Waals surface area contributed by atoms with Gasteiger partial charge in [-0.3, -0.25) is 9.59 Å². The molecular weight excluding hydrogens is 404 g/mol. The van der Waals surface area contributed by atoms with E-state index in [4.69, 9.17) is 4.74 Å². The number of ether oxygens (including phenoxy) is 1. The molecule has 162 valence electrons. The molecule has 1 aromatic heterocycles. The number of aromatic nitrogens is 1. The minimum atomic E-state index is -0.109. The minimum absolute atomic E-state index is 0.0246. The number of para-hydroxylation sites is 1. The highest BCUT2D eigenvalue weighted by atomic mass is 16.5. The van der Waals surface area contributed by atoms with Crippen LogP contribution in [0.4, 0.5) is 11.5 Å². The van der Waals surface area contributed by atoms with Crippen molar-refractivity contribution in [2.45, 2.75) is 19.6 Å². The Kier molecular flexibility index (Phi) is 5.23. The van der Waals surface area contributed by atoms with Crippen LogP contribution in [-0.4, -0.2) is 47.4 Å². The summed E-state index contributed by atoms with van der Waals surface area (Å²) in [5.41, 5.74) is 3.19. The molecule has 5 rings (SSSR count). The highest BCUT2D eigenvalue weighted by Gasteiger charge is 2.34. The number of anilines is 2. The molecular formula is C25H24N4O3. The zero-order valence-corrected chi connectivity index (χ0v) is 17.8. The van der Waals surface area contributed by atoms with E-state index >= 15 is 0 Å². The van der Waals surface area contributed by atoms with Crippen molar-refractivity contribution in [3.63, 3.8) is 0 Å². The van der Waals surface area contributed by atoms with E-state index in [-0.39, 0.29) is 24.5 Å². The second-order valence-electron chi connectivity index (χ2n) is 8.13. The van der Waals surface area contributed by atoms with Crippen LogP contribution in [0.2, 0.25) is 0 Å². The predicted octanol–water partition coefficient (Wildman–Crippen LogP) is 3.25. The van der Waals surface area contributed by atoms with E-state index < -0.39 is 0 Å². The van der Waals surface area contributed by atoms with Gasteiger partial charge in [0.05, 0.1) is 37.4 Å². The second kappa shape index (κ2) is 8.34. The topological polar surface area (TPSA) is 74.8 Å². The number of nitrogens with one attached hydrogen (secondary N) is 1. The molecule has 3 heterocycles. The van der Waals surface area contributed by atoms with Gasteiger partial charge in [-0.2, -0.15) is 0 Å². The van der Waals surface area contributed by atoms with Gasteiger partial charge in [-0.15, -0.1) is 0 Å². The number of carbonyl (C=O) groups excluding carboxylic acids is 2. The Morgan fingerprint density at radius 2 is 1.88 bits per heavy atom. The highest BCUT2D eigenvalue weighted by molar-refractivity contribution is 6.04. The first kappa shape index (κ1) is 20.1. The SMILES string of the molecule is Cc1ccccc1OC1CN(C(=O)c2cnc3c(c2)N(Cc2ccccc2)C(=O)CN3)C1. The Morgan fingerprint density at radius 3 is 2.66 bits per heavy atom. The summed E-state index contributed by atoms with van der Waals surface area (Å²) in [5, 5.41) is 3.04. The molecule has 7 nitrogen and oxygen atoms in total. The number of hydrogen-bond donors (Lipinski definition) is 1. The molecule has 2 aliphatic heterocycles. The average Bonchev–Trinajstić information content (AvgIpc) is 2.79. The lowest BCUT2D eigenvalue weighted by Gasteiger charge is -2.39. The first-order valence-electron chi connectivity index (χ1n) is 10.7. The van der Waals surface area contributed by atoms with Crippen molar-refractivity contribution in [2.75, 3.05) is 29.9 Å². The number of likely N-dealkylation sites (tertiary alicyclic amines) is 1. The number of amides is 2. The molecule has 1 fully saturated rings. The molecule has 0 radical (unpaired) electrons. The molecule has 3 aromatic rings. The lowest BCUT2D eigenvalue weighted by atomic mass is 10.1. The van der Waals surface area contributed by atoms with Crippen molar-refractivity contribution in [1.29, 1.82) is 0 Å². The van der Waals surface area contributed by atoms with Gasteiger partial charge in [0.2, 0.25) is 5.91 Å². The third kappa shape index (κ3) is 3.89. The molecule has 0 unspecified atom stereocenters. The molecule has 0 bridgehead atoms. The van der Waals surface area contributed by atoms with Gasteiger partial charge < -0.3 is 19.9 Å². The number of rotatable bonds is 5. The molecule has 0 saturated carbocycles. The smallest absolute Gasteiger partial charge is 0.255 e. The monoisotopic (exact) mass is 428 g/mol. The fourth-order valence-corrected chi connectivity index (χ4v) is 3.97. The first-order valence-corrected chi connectivity index (χ1v) is 10.7. The number of fused-ring (bicyclic) bond motifs is 1. The third-order valence-corrected chi connectivity index (χ3v) is 5.82. The summed E-state index contributed by atoms with van der Waals surface area (Å²) in [6.07, 6.45) is 1.55. The fraction of sp³-hybridized carbons (Fsp3) is 0.240. The van der Waals surface area contributed by atoms with Gasteiger partial charge in [-0.25, -0.2) is 4.98 Å². The molecule has 0 aliphatic carbocycles. The quantitative estimate of drug-likeness (QED) is 0.675. The normalized spacial score (nSPS) is 15.6. The van der Waals surface area contributed by atoms with E-state index in [1.807, 2.05) is 61.5 Å². The summed E-state index contributed by atoms with van der Waals surface area (Å²) in [5.74, 6) is 1.30. The Bertz CT molecular complexity index is 1160. The standard InChI is InChI=1S/C25H24N4O3/c1-17-7-5-6-10-22(17)32-20-15-28(16-20)25(31)19-11-21-24(26-12-19)27-13-23(30)29(21)14-18-8-3-2-4-9-18/h2-12,20H,13-16H2,1H3,(H,26,27). The van der Waals surface area contributed by atoms with E-state index in [0.29, 0.717) is 36.7 Å². The number of benzene rings is 2. The Labute approximate surface area is 186 Å². The van der Waals surface area contributed by atoms with Crippen LogP contribution < -0.4 is 15.0 Å². The highest BCUT2D eigenvalue weighted by Crippen LogP contribution is 2.31. The minimum Gasteiger partial charge on any atom is -0.486 e. The lowest BCUT2D eigenvalue weighted by molar-refractivity contribution is -0.117. The Hall–Kier alpha value is -3.87.